The summed E-state index contributed by atoms with van der Waals surface area (Å²) in [6, 6.07) is 20.7. The molecule has 32 heavy (non-hydrogen) atoms. The number of alkyl halides is 3. The van der Waals surface area contributed by atoms with Crippen molar-refractivity contribution >= 4 is 28.7 Å². The maximum Gasteiger partial charge on any atom is 0.461 e. The molecule has 4 rings (SSSR count). The molecule has 1 aromatic heterocycles. The lowest BCUT2D eigenvalue weighted by Gasteiger charge is -2.11. The van der Waals surface area contributed by atoms with Gasteiger partial charge < -0.3 is 14.8 Å². The highest BCUT2D eigenvalue weighted by molar-refractivity contribution is 8.01. The highest BCUT2D eigenvalue weighted by Crippen LogP contribution is 2.31. The average molecular weight is 458 g/mol. The molecular formula is C24H22F3N3OS. The third kappa shape index (κ3) is 5.44. The zero-order chi connectivity index (χ0) is 22.7. The van der Waals surface area contributed by atoms with Gasteiger partial charge in [-0.05, 0) is 59.9 Å². The molecule has 4 aromatic rings. The number of nitrogens with one attached hydrogen (secondary N) is 2. The van der Waals surface area contributed by atoms with Gasteiger partial charge in [0.1, 0.15) is 5.82 Å². The number of benzene rings is 3. The van der Waals surface area contributed by atoms with Crippen molar-refractivity contribution in [2.45, 2.75) is 31.4 Å². The van der Waals surface area contributed by atoms with Crippen LogP contribution in [0.5, 0.6) is 0 Å². The zero-order valence-corrected chi connectivity index (χ0v) is 18.1. The van der Waals surface area contributed by atoms with E-state index < -0.39 is 11.6 Å². The summed E-state index contributed by atoms with van der Waals surface area (Å²) in [6.45, 7) is 1.75. The molecule has 3 aromatic carbocycles. The zero-order valence-electron chi connectivity index (χ0n) is 17.3. The second-order valence-electron chi connectivity index (χ2n) is 7.53. The van der Waals surface area contributed by atoms with Crippen molar-refractivity contribution < 1.29 is 18.3 Å². The molecule has 1 unspecified atom stereocenters. The van der Waals surface area contributed by atoms with Gasteiger partial charge in [-0.3, -0.25) is 0 Å². The second-order valence-corrected chi connectivity index (χ2v) is 8.40. The summed E-state index contributed by atoms with van der Waals surface area (Å²) >= 11 is -0.272. The minimum absolute atomic E-state index is 0.272. The minimum Gasteiger partial charge on any atom is -0.389 e. The summed E-state index contributed by atoms with van der Waals surface area (Å²) in [7, 11) is 0. The number of fused-ring (bicyclic) bond motifs is 1. The number of anilines is 1. The highest BCUT2D eigenvalue weighted by Gasteiger charge is 2.28. The van der Waals surface area contributed by atoms with Crippen LogP contribution < -0.4 is 4.72 Å². The van der Waals surface area contributed by atoms with Crippen LogP contribution in [-0.4, -0.2) is 20.6 Å². The lowest BCUT2D eigenvalue weighted by Crippen LogP contribution is -2.04. The molecule has 4 nitrogen and oxygen atoms in total. The van der Waals surface area contributed by atoms with E-state index in [9.17, 15) is 18.3 Å². The Balaban J connectivity index is 1.45. The van der Waals surface area contributed by atoms with Crippen molar-refractivity contribution in [3.05, 3.63) is 83.7 Å². The molecule has 0 amide bonds. The van der Waals surface area contributed by atoms with Crippen LogP contribution in [0, 0.1) is 0 Å². The lowest BCUT2D eigenvalue weighted by molar-refractivity contribution is -0.0323. The molecule has 1 atom stereocenters. The number of H-pyrrole nitrogens is 1. The van der Waals surface area contributed by atoms with E-state index in [2.05, 4.69) is 14.7 Å². The normalized spacial score (nSPS) is 12.8. The molecule has 0 aliphatic rings. The van der Waals surface area contributed by atoms with Crippen LogP contribution in [0.4, 0.5) is 18.9 Å². The number of imidazole rings is 1. The average Bonchev–Trinajstić information content (AvgIpc) is 3.18. The number of aryl methyl sites for hydroxylation is 2. The number of aromatic amines is 1. The molecule has 1 heterocycles. The van der Waals surface area contributed by atoms with Gasteiger partial charge in [-0.2, -0.15) is 13.2 Å². The summed E-state index contributed by atoms with van der Waals surface area (Å²) in [6.07, 6.45) is 0.829. The first-order chi connectivity index (χ1) is 15.3. The minimum atomic E-state index is -4.32. The van der Waals surface area contributed by atoms with Gasteiger partial charge in [0, 0.05) is 12.1 Å². The SMILES string of the molecule is CC(O)c1ccccc1-c1ccc2nc(CCc3ccc(NSC(F)(F)F)cc3)[nH]c2c1. The topological polar surface area (TPSA) is 60.9 Å². The second kappa shape index (κ2) is 9.26. The number of nitrogens with zero attached hydrogens (tertiary/aromatic N) is 1. The Morgan fingerprint density at radius 2 is 1.78 bits per heavy atom. The van der Waals surface area contributed by atoms with Crippen molar-refractivity contribution in [1.29, 1.82) is 0 Å². The van der Waals surface area contributed by atoms with E-state index in [1.54, 1.807) is 19.1 Å². The number of aromatic nitrogens is 2. The smallest absolute Gasteiger partial charge is 0.389 e. The third-order valence-corrected chi connectivity index (χ3v) is 5.71. The predicted octanol–water partition coefficient (Wildman–Crippen LogP) is 6.65. The predicted molar refractivity (Wildman–Crippen MR) is 123 cm³/mol. The van der Waals surface area contributed by atoms with E-state index in [4.69, 9.17) is 0 Å². The maximum absolute atomic E-state index is 12.3. The van der Waals surface area contributed by atoms with E-state index in [0.717, 1.165) is 39.1 Å². The number of aliphatic hydroxyl groups is 1. The first-order valence-corrected chi connectivity index (χ1v) is 11.0. The molecule has 0 fully saturated rings. The third-order valence-electron chi connectivity index (χ3n) is 5.14. The molecule has 166 valence electrons. The molecular weight excluding hydrogens is 435 g/mol. The molecule has 0 radical (unpaired) electrons. The monoisotopic (exact) mass is 457 g/mol. The van der Waals surface area contributed by atoms with Crippen molar-refractivity contribution in [1.82, 2.24) is 9.97 Å². The van der Waals surface area contributed by atoms with Gasteiger partial charge >= 0.3 is 5.51 Å². The standard InChI is InChI=1S/C24H22F3N3OS/c1-15(31)19-4-2-3-5-20(19)17-9-12-21-22(14-17)29-23(28-21)13-8-16-6-10-18(11-7-16)30-32-24(25,26)27/h2-7,9-12,14-15,30-31H,8,13H2,1H3,(H,28,29). The maximum atomic E-state index is 12.3. The Labute approximate surface area is 188 Å². The molecule has 0 bridgehead atoms. The summed E-state index contributed by atoms with van der Waals surface area (Å²) in [5.41, 5.74) is 1.74. The van der Waals surface area contributed by atoms with E-state index in [0.29, 0.717) is 18.5 Å². The Morgan fingerprint density at radius 3 is 2.50 bits per heavy atom. The fourth-order valence-corrected chi connectivity index (χ4v) is 3.96. The van der Waals surface area contributed by atoms with Gasteiger partial charge in [-0.1, -0.05) is 42.5 Å². The van der Waals surface area contributed by atoms with Crippen LogP contribution in [0.1, 0.15) is 30.0 Å². The van der Waals surface area contributed by atoms with Crippen LogP contribution in [0.15, 0.2) is 66.7 Å². The van der Waals surface area contributed by atoms with E-state index >= 15 is 0 Å². The van der Waals surface area contributed by atoms with Crippen LogP contribution in [-0.2, 0) is 12.8 Å². The molecule has 0 spiro atoms. The number of halogens is 3. The highest BCUT2D eigenvalue weighted by atomic mass is 32.2. The Morgan fingerprint density at radius 1 is 1.03 bits per heavy atom. The van der Waals surface area contributed by atoms with Crippen LogP contribution in [0.25, 0.3) is 22.2 Å². The van der Waals surface area contributed by atoms with E-state index in [1.165, 1.54) is 0 Å². The van der Waals surface area contributed by atoms with E-state index in [1.807, 2.05) is 54.6 Å². The van der Waals surface area contributed by atoms with Crippen molar-refractivity contribution in [2.24, 2.45) is 0 Å². The number of rotatable bonds is 7. The Hall–Kier alpha value is -2.97. The fourth-order valence-electron chi connectivity index (χ4n) is 3.59. The summed E-state index contributed by atoms with van der Waals surface area (Å²) in [4.78, 5) is 8.01. The quantitative estimate of drug-likeness (QED) is 0.272. The first kappa shape index (κ1) is 22.2. The van der Waals surface area contributed by atoms with Gasteiger partial charge in [0.25, 0.3) is 0 Å². The van der Waals surface area contributed by atoms with Gasteiger partial charge in [0.2, 0.25) is 0 Å². The van der Waals surface area contributed by atoms with Gasteiger partial charge in [-0.25, -0.2) is 4.98 Å². The molecule has 3 N–H and O–H groups in total. The van der Waals surface area contributed by atoms with Crippen LogP contribution in [0.3, 0.4) is 0 Å². The van der Waals surface area contributed by atoms with Crippen molar-refractivity contribution in [2.75, 3.05) is 4.72 Å². The van der Waals surface area contributed by atoms with Crippen molar-refractivity contribution in [3.8, 4) is 11.1 Å². The molecule has 0 aliphatic heterocycles. The molecule has 8 heteroatoms. The van der Waals surface area contributed by atoms with Gasteiger partial charge in [-0.15, -0.1) is 0 Å². The molecule has 0 saturated carbocycles. The van der Waals surface area contributed by atoms with E-state index in [-0.39, 0.29) is 11.9 Å². The van der Waals surface area contributed by atoms with Crippen LogP contribution in [0.2, 0.25) is 0 Å². The summed E-state index contributed by atoms with van der Waals surface area (Å²) < 4.78 is 39.1. The summed E-state index contributed by atoms with van der Waals surface area (Å²) in [5, 5.41) is 10.1. The lowest BCUT2D eigenvalue weighted by atomic mass is 9.96. The molecule has 0 aliphatic carbocycles. The number of aliphatic hydroxyl groups excluding tert-OH is 1. The summed E-state index contributed by atoms with van der Waals surface area (Å²) in [5.74, 6) is 0.843. The van der Waals surface area contributed by atoms with Crippen molar-refractivity contribution in [3.63, 3.8) is 0 Å². The Bertz CT molecular complexity index is 1200. The van der Waals surface area contributed by atoms with Crippen LogP contribution >= 0.6 is 11.9 Å². The number of hydrogen-bond acceptors (Lipinski definition) is 4. The first-order valence-electron chi connectivity index (χ1n) is 10.1. The van der Waals surface area contributed by atoms with Gasteiger partial charge in [0.05, 0.1) is 29.1 Å². The fraction of sp³-hybridized carbons (Fsp3) is 0.208. The Kier molecular flexibility index (Phi) is 6.43. The number of hydrogen-bond donors (Lipinski definition) is 3. The molecule has 0 saturated heterocycles. The largest absolute Gasteiger partial charge is 0.461 e. The van der Waals surface area contributed by atoms with Gasteiger partial charge in [0.15, 0.2) is 0 Å².